The summed E-state index contributed by atoms with van der Waals surface area (Å²) in [6.07, 6.45) is 5.25. The first-order valence-electron chi connectivity index (χ1n) is 6.95. The van der Waals surface area contributed by atoms with E-state index in [9.17, 15) is 8.42 Å². The van der Waals surface area contributed by atoms with Gasteiger partial charge in [-0.25, -0.2) is 8.42 Å². The highest BCUT2D eigenvalue weighted by molar-refractivity contribution is 7.89. The number of thiocarbonyl (C=S) groups is 1. The normalized spacial score (nSPS) is 18.9. The number of nitrogens with two attached hydrogens (primary N) is 1. The third-order valence-electron chi connectivity index (χ3n) is 3.86. The Morgan fingerprint density at radius 1 is 1.24 bits per heavy atom. The third-order valence-corrected chi connectivity index (χ3v) is 6.02. The summed E-state index contributed by atoms with van der Waals surface area (Å²) < 4.78 is 27.9. The minimum Gasteiger partial charge on any atom is -0.392 e. The molecule has 0 unspecified atom stereocenters. The van der Waals surface area contributed by atoms with E-state index in [1.807, 2.05) is 0 Å². The van der Waals surface area contributed by atoms with Crippen molar-refractivity contribution in [2.24, 2.45) is 5.73 Å². The second-order valence-corrected chi connectivity index (χ2v) is 7.98. The van der Waals surface area contributed by atoms with E-state index in [-0.39, 0.29) is 9.88 Å². The van der Waals surface area contributed by atoms with Crippen molar-refractivity contribution in [1.29, 1.82) is 0 Å². The number of benzene rings is 1. The highest BCUT2D eigenvalue weighted by Crippen LogP contribution is 2.29. The van der Waals surface area contributed by atoms with Crippen LogP contribution in [0.2, 0.25) is 5.02 Å². The van der Waals surface area contributed by atoms with Gasteiger partial charge in [-0.1, -0.05) is 55.6 Å². The SMILES string of the molecule is NC(=S)C1(NS(=O)(=O)c2cccc(Cl)c2)CCCCCC1. The molecule has 1 aromatic rings. The quantitative estimate of drug-likeness (QED) is 0.649. The average molecular weight is 347 g/mol. The summed E-state index contributed by atoms with van der Waals surface area (Å²) in [5.74, 6) is 0. The van der Waals surface area contributed by atoms with Crippen LogP contribution in [-0.2, 0) is 10.0 Å². The molecule has 1 aromatic carbocycles. The van der Waals surface area contributed by atoms with Gasteiger partial charge in [0.25, 0.3) is 0 Å². The van der Waals surface area contributed by atoms with Crippen LogP contribution in [0.15, 0.2) is 29.2 Å². The molecule has 0 aromatic heterocycles. The Kier molecular flexibility index (Phi) is 5.24. The summed E-state index contributed by atoms with van der Waals surface area (Å²) in [7, 11) is -3.70. The largest absolute Gasteiger partial charge is 0.392 e. The molecule has 0 heterocycles. The lowest BCUT2D eigenvalue weighted by Crippen LogP contribution is -2.56. The monoisotopic (exact) mass is 346 g/mol. The molecule has 1 saturated carbocycles. The van der Waals surface area contributed by atoms with Crippen molar-refractivity contribution in [1.82, 2.24) is 4.72 Å². The van der Waals surface area contributed by atoms with Gasteiger partial charge in [-0.2, -0.15) is 4.72 Å². The van der Waals surface area contributed by atoms with Gasteiger partial charge in [0.15, 0.2) is 0 Å². The van der Waals surface area contributed by atoms with Crippen LogP contribution < -0.4 is 10.5 Å². The Labute approximate surface area is 136 Å². The van der Waals surface area contributed by atoms with E-state index in [0.717, 1.165) is 25.7 Å². The van der Waals surface area contributed by atoms with Crippen LogP contribution in [-0.4, -0.2) is 18.9 Å². The fraction of sp³-hybridized carbons (Fsp3) is 0.500. The number of nitrogens with one attached hydrogen (secondary N) is 1. The van der Waals surface area contributed by atoms with Crippen molar-refractivity contribution in [3.05, 3.63) is 29.3 Å². The number of hydrogen-bond acceptors (Lipinski definition) is 3. The van der Waals surface area contributed by atoms with Gasteiger partial charge in [-0.05, 0) is 31.0 Å². The molecule has 21 heavy (non-hydrogen) atoms. The van der Waals surface area contributed by atoms with E-state index in [1.54, 1.807) is 12.1 Å². The second kappa shape index (κ2) is 6.60. The topological polar surface area (TPSA) is 72.2 Å². The smallest absolute Gasteiger partial charge is 0.241 e. The van der Waals surface area contributed by atoms with Crippen molar-refractivity contribution in [2.75, 3.05) is 0 Å². The van der Waals surface area contributed by atoms with E-state index in [1.165, 1.54) is 12.1 Å². The van der Waals surface area contributed by atoms with E-state index in [0.29, 0.717) is 17.9 Å². The molecule has 1 fully saturated rings. The van der Waals surface area contributed by atoms with Gasteiger partial charge in [-0.15, -0.1) is 0 Å². The molecule has 0 radical (unpaired) electrons. The van der Waals surface area contributed by atoms with E-state index >= 15 is 0 Å². The summed E-state index contributed by atoms with van der Waals surface area (Å²) in [5.41, 5.74) is 5.04. The maximum atomic E-state index is 12.6. The first kappa shape index (κ1) is 16.7. The van der Waals surface area contributed by atoms with Gasteiger partial charge < -0.3 is 5.73 Å². The maximum absolute atomic E-state index is 12.6. The van der Waals surface area contributed by atoms with Gasteiger partial charge in [-0.3, -0.25) is 0 Å². The summed E-state index contributed by atoms with van der Waals surface area (Å²) in [4.78, 5) is 0.352. The van der Waals surface area contributed by atoms with Crippen molar-refractivity contribution in [3.8, 4) is 0 Å². The number of rotatable bonds is 4. The molecule has 0 saturated heterocycles. The standard InChI is InChI=1S/C14H19ClN2O2S2/c15-11-6-5-7-12(10-11)21(18,19)17-14(13(16)20)8-3-1-2-4-9-14/h5-7,10,17H,1-4,8-9H2,(H2,16,20). The van der Waals surface area contributed by atoms with Crippen LogP contribution in [0.25, 0.3) is 0 Å². The van der Waals surface area contributed by atoms with Crippen LogP contribution in [0, 0.1) is 0 Å². The average Bonchev–Trinajstić information content (AvgIpc) is 2.65. The maximum Gasteiger partial charge on any atom is 0.241 e. The molecule has 7 heteroatoms. The minimum absolute atomic E-state index is 0.134. The molecular formula is C14H19ClN2O2S2. The molecule has 0 spiro atoms. The van der Waals surface area contributed by atoms with Gasteiger partial charge in [0.2, 0.25) is 10.0 Å². The number of halogens is 1. The molecule has 0 amide bonds. The summed E-state index contributed by atoms with van der Waals surface area (Å²) in [6.45, 7) is 0. The molecule has 1 aliphatic carbocycles. The number of sulfonamides is 1. The third kappa shape index (κ3) is 3.94. The fourth-order valence-corrected chi connectivity index (χ4v) is 4.74. The van der Waals surface area contributed by atoms with Gasteiger partial charge >= 0.3 is 0 Å². The van der Waals surface area contributed by atoms with E-state index < -0.39 is 15.6 Å². The van der Waals surface area contributed by atoms with Crippen LogP contribution in [0.5, 0.6) is 0 Å². The van der Waals surface area contributed by atoms with Crippen molar-refractivity contribution < 1.29 is 8.42 Å². The van der Waals surface area contributed by atoms with E-state index in [4.69, 9.17) is 29.6 Å². The van der Waals surface area contributed by atoms with Crippen molar-refractivity contribution >= 4 is 38.8 Å². The first-order valence-corrected chi connectivity index (χ1v) is 9.22. The zero-order valence-corrected chi connectivity index (χ0v) is 14.0. The molecule has 0 atom stereocenters. The Bertz CT molecular complexity index is 624. The molecular weight excluding hydrogens is 328 g/mol. The Hall–Kier alpha value is -0.690. The highest BCUT2D eigenvalue weighted by Gasteiger charge is 2.38. The van der Waals surface area contributed by atoms with Crippen LogP contribution in [0.1, 0.15) is 38.5 Å². The first-order chi connectivity index (χ1) is 9.86. The van der Waals surface area contributed by atoms with Crippen LogP contribution in [0.4, 0.5) is 0 Å². The van der Waals surface area contributed by atoms with Crippen molar-refractivity contribution in [3.63, 3.8) is 0 Å². The molecule has 4 nitrogen and oxygen atoms in total. The second-order valence-electron chi connectivity index (χ2n) is 5.42. The van der Waals surface area contributed by atoms with Crippen molar-refractivity contribution in [2.45, 2.75) is 49.0 Å². The van der Waals surface area contributed by atoms with Gasteiger partial charge in [0.05, 0.1) is 15.4 Å². The Balaban J connectivity index is 2.33. The van der Waals surface area contributed by atoms with Crippen LogP contribution >= 0.6 is 23.8 Å². The summed E-state index contributed by atoms with van der Waals surface area (Å²) >= 11 is 11.0. The lowest BCUT2D eigenvalue weighted by molar-refractivity contribution is 0.441. The predicted molar refractivity (Wildman–Crippen MR) is 89.0 cm³/mol. The number of hydrogen-bond donors (Lipinski definition) is 2. The summed E-state index contributed by atoms with van der Waals surface area (Å²) in [5, 5.41) is 0.378. The van der Waals surface area contributed by atoms with E-state index in [2.05, 4.69) is 4.72 Å². The molecule has 1 aliphatic rings. The fourth-order valence-electron chi connectivity index (χ4n) is 2.68. The zero-order chi connectivity index (χ0) is 15.5. The summed E-state index contributed by atoms with van der Waals surface area (Å²) in [6, 6.07) is 6.18. The predicted octanol–water partition coefficient (Wildman–Crippen LogP) is 3.00. The lowest BCUT2D eigenvalue weighted by atomic mass is 9.91. The molecule has 0 bridgehead atoms. The molecule has 3 N–H and O–H groups in total. The Morgan fingerprint density at radius 3 is 2.38 bits per heavy atom. The molecule has 116 valence electrons. The lowest BCUT2D eigenvalue weighted by Gasteiger charge is -2.32. The minimum atomic E-state index is -3.70. The highest BCUT2D eigenvalue weighted by atomic mass is 35.5. The van der Waals surface area contributed by atoms with Gasteiger partial charge in [0.1, 0.15) is 0 Å². The zero-order valence-electron chi connectivity index (χ0n) is 11.6. The Morgan fingerprint density at radius 2 is 1.86 bits per heavy atom. The van der Waals surface area contributed by atoms with Crippen LogP contribution in [0.3, 0.4) is 0 Å². The molecule has 2 rings (SSSR count). The molecule has 0 aliphatic heterocycles. The van der Waals surface area contributed by atoms with Gasteiger partial charge in [0, 0.05) is 5.02 Å².